The van der Waals surface area contributed by atoms with Crippen LogP contribution in [0.15, 0.2) is 24.5 Å². The number of rotatable bonds is 3. The third-order valence-corrected chi connectivity index (χ3v) is 4.39. The minimum atomic E-state index is -0.314. The maximum atomic E-state index is 14.5. The molecule has 0 saturated carbocycles. The van der Waals surface area contributed by atoms with Gasteiger partial charge >= 0.3 is 0 Å². The molecule has 2 aromatic rings. The first-order chi connectivity index (χ1) is 11.1. The highest BCUT2D eigenvalue weighted by Gasteiger charge is 2.20. The van der Waals surface area contributed by atoms with Crippen molar-refractivity contribution in [1.82, 2.24) is 9.97 Å². The molecule has 1 aliphatic rings. The maximum absolute atomic E-state index is 14.5. The van der Waals surface area contributed by atoms with Crippen molar-refractivity contribution in [3.63, 3.8) is 0 Å². The van der Waals surface area contributed by atoms with Crippen LogP contribution in [0.1, 0.15) is 41.0 Å². The Balaban J connectivity index is 1.86. The number of carbonyl (C=O) groups excluding carboxylic acids is 1. The van der Waals surface area contributed by atoms with Crippen molar-refractivity contribution in [1.29, 1.82) is 0 Å². The predicted octanol–water partition coefficient (Wildman–Crippen LogP) is 2.99. The minimum absolute atomic E-state index is 0.0725. The van der Waals surface area contributed by atoms with Crippen LogP contribution in [0, 0.1) is 5.82 Å². The summed E-state index contributed by atoms with van der Waals surface area (Å²) in [5, 5.41) is 0. The summed E-state index contributed by atoms with van der Waals surface area (Å²) in [6.07, 6.45) is 3.58. The Morgan fingerprint density at radius 3 is 2.65 bits per heavy atom. The van der Waals surface area contributed by atoms with Crippen molar-refractivity contribution in [2.24, 2.45) is 0 Å². The molecule has 3 rings (SSSR count). The van der Waals surface area contributed by atoms with E-state index in [1.54, 1.807) is 6.92 Å². The third kappa shape index (κ3) is 3.09. The SMILES string of the molecule is CCc1ncnc(N2CCc3ccc(C(C)=O)cc3CC2)c1F. The van der Waals surface area contributed by atoms with Gasteiger partial charge in [0.1, 0.15) is 6.33 Å². The van der Waals surface area contributed by atoms with Gasteiger partial charge in [-0.3, -0.25) is 4.79 Å². The fraction of sp³-hybridized carbons (Fsp3) is 0.389. The number of nitrogens with zero attached hydrogens (tertiary/aromatic N) is 3. The molecular formula is C18H20FN3O. The number of aryl methyl sites for hydroxylation is 1. The quantitative estimate of drug-likeness (QED) is 0.817. The molecule has 0 radical (unpaired) electrons. The summed E-state index contributed by atoms with van der Waals surface area (Å²) in [4.78, 5) is 21.7. The molecule has 0 aliphatic carbocycles. The second-order valence-corrected chi connectivity index (χ2v) is 5.84. The lowest BCUT2D eigenvalue weighted by Crippen LogP contribution is -2.28. The Morgan fingerprint density at radius 1 is 1.22 bits per heavy atom. The van der Waals surface area contributed by atoms with Crippen LogP contribution in [0.2, 0.25) is 0 Å². The zero-order chi connectivity index (χ0) is 16.4. The van der Waals surface area contributed by atoms with Gasteiger partial charge in [0.05, 0.1) is 5.69 Å². The Hall–Kier alpha value is -2.30. The van der Waals surface area contributed by atoms with Gasteiger partial charge in [0.2, 0.25) is 0 Å². The van der Waals surface area contributed by atoms with Crippen LogP contribution in [0.4, 0.5) is 10.2 Å². The second-order valence-electron chi connectivity index (χ2n) is 5.84. The molecule has 23 heavy (non-hydrogen) atoms. The van der Waals surface area contributed by atoms with Crippen LogP contribution in [-0.2, 0) is 19.3 Å². The van der Waals surface area contributed by atoms with Gasteiger partial charge in [0.25, 0.3) is 0 Å². The zero-order valence-corrected chi connectivity index (χ0v) is 13.5. The van der Waals surface area contributed by atoms with E-state index in [0.29, 0.717) is 31.0 Å². The van der Waals surface area contributed by atoms with E-state index in [9.17, 15) is 9.18 Å². The van der Waals surface area contributed by atoms with Gasteiger partial charge in [0.15, 0.2) is 17.4 Å². The van der Waals surface area contributed by atoms with Crippen LogP contribution in [0.3, 0.4) is 0 Å². The molecule has 120 valence electrons. The molecule has 4 nitrogen and oxygen atoms in total. The number of halogens is 1. The molecule has 0 fully saturated rings. The Kier molecular flexibility index (Phi) is 4.37. The molecule has 1 aromatic heterocycles. The summed E-state index contributed by atoms with van der Waals surface area (Å²) in [7, 11) is 0. The molecule has 5 heteroatoms. The summed E-state index contributed by atoms with van der Waals surface area (Å²) < 4.78 is 14.5. The van der Waals surface area contributed by atoms with Gasteiger partial charge in [-0.05, 0) is 43.4 Å². The molecule has 0 unspecified atom stereocenters. The van der Waals surface area contributed by atoms with E-state index in [2.05, 4.69) is 9.97 Å². The molecule has 0 amide bonds. The molecule has 1 aliphatic heterocycles. The number of anilines is 1. The molecule has 1 aromatic carbocycles. The molecule has 0 spiro atoms. The van der Waals surface area contributed by atoms with E-state index >= 15 is 0 Å². The van der Waals surface area contributed by atoms with E-state index in [1.165, 1.54) is 17.5 Å². The second kappa shape index (κ2) is 6.44. The van der Waals surface area contributed by atoms with Crippen LogP contribution >= 0.6 is 0 Å². The van der Waals surface area contributed by atoms with E-state index < -0.39 is 0 Å². The van der Waals surface area contributed by atoms with Crippen LogP contribution in [0.5, 0.6) is 0 Å². The first-order valence-corrected chi connectivity index (χ1v) is 7.97. The Labute approximate surface area is 135 Å². The smallest absolute Gasteiger partial charge is 0.187 e. The number of hydrogen-bond acceptors (Lipinski definition) is 4. The van der Waals surface area contributed by atoms with Gasteiger partial charge < -0.3 is 4.90 Å². The summed E-state index contributed by atoms with van der Waals surface area (Å²) in [5.74, 6) is 0.144. The normalized spacial score (nSPS) is 14.3. The van der Waals surface area contributed by atoms with Gasteiger partial charge in [-0.25, -0.2) is 14.4 Å². The monoisotopic (exact) mass is 313 g/mol. The van der Waals surface area contributed by atoms with Crippen molar-refractivity contribution in [3.8, 4) is 0 Å². The van der Waals surface area contributed by atoms with Crippen molar-refractivity contribution in [3.05, 3.63) is 52.7 Å². The number of carbonyl (C=O) groups is 1. The highest BCUT2D eigenvalue weighted by Crippen LogP contribution is 2.23. The summed E-state index contributed by atoms with van der Waals surface area (Å²) in [5.41, 5.74) is 3.59. The lowest BCUT2D eigenvalue weighted by Gasteiger charge is -2.22. The van der Waals surface area contributed by atoms with Gasteiger partial charge in [-0.1, -0.05) is 19.1 Å². The average Bonchev–Trinajstić information content (AvgIpc) is 2.77. The van der Waals surface area contributed by atoms with Crippen LogP contribution in [-0.4, -0.2) is 28.8 Å². The topological polar surface area (TPSA) is 46.1 Å². The number of Topliss-reactive ketones (excluding diaryl/α,β-unsaturated/α-hetero) is 1. The molecule has 0 bridgehead atoms. The standard InChI is InChI=1S/C18H20FN3O/c1-3-16-17(19)18(21-11-20-16)22-8-6-13-4-5-14(12(2)23)10-15(13)7-9-22/h4-5,10-11H,3,6-9H2,1-2H3. The van der Waals surface area contributed by atoms with Crippen LogP contribution < -0.4 is 4.90 Å². The van der Waals surface area contributed by atoms with Gasteiger partial charge in [0, 0.05) is 18.7 Å². The summed E-state index contributed by atoms with van der Waals surface area (Å²) in [6, 6.07) is 5.86. The first-order valence-electron chi connectivity index (χ1n) is 7.97. The summed E-state index contributed by atoms with van der Waals surface area (Å²) in [6.45, 7) is 4.86. The third-order valence-electron chi connectivity index (χ3n) is 4.39. The fourth-order valence-electron chi connectivity index (χ4n) is 3.02. The van der Waals surface area contributed by atoms with E-state index in [4.69, 9.17) is 0 Å². The van der Waals surface area contributed by atoms with Crippen molar-refractivity contribution in [2.75, 3.05) is 18.0 Å². The lowest BCUT2D eigenvalue weighted by atomic mass is 9.99. The number of hydrogen-bond donors (Lipinski definition) is 0. The number of benzene rings is 1. The molecule has 2 heterocycles. The molecule has 0 atom stereocenters. The van der Waals surface area contributed by atoms with E-state index in [1.807, 2.05) is 30.0 Å². The van der Waals surface area contributed by atoms with Crippen molar-refractivity contribution in [2.45, 2.75) is 33.1 Å². The highest BCUT2D eigenvalue weighted by molar-refractivity contribution is 5.94. The number of aromatic nitrogens is 2. The molecule has 0 N–H and O–H groups in total. The minimum Gasteiger partial charge on any atom is -0.353 e. The van der Waals surface area contributed by atoms with E-state index in [-0.39, 0.29) is 11.6 Å². The van der Waals surface area contributed by atoms with E-state index in [0.717, 1.165) is 18.4 Å². The van der Waals surface area contributed by atoms with Gasteiger partial charge in [-0.15, -0.1) is 0 Å². The van der Waals surface area contributed by atoms with Crippen molar-refractivity contribution < 1.29 is 9.18 Å². The van der Waals surface area contributed by atoms with Crippen LogP contribution in [0.25, 0.3) is 0 Å². The lowest BCUT2D eigenvalue weighted by molar-refractivity contribution is 0.101. The zero-order valence-electron chi connectivity index (χ0n) is 13.5. The Morgan fingerprint density at radius 2 is 1.96 bits per heavy atom. The first kappa shape index (κ1) is 15.6. The summed E-state index contributed by atoms with van der Waals surface area (Å²) >= 11 is 0. The molecular weight excluding hydrogens is 293 g/mol. The highest BCUT2D eigenvalue weighted by atomic mass is 19.1. The number of ketones is 1. The average molecular weight is 313 g/mol. The Bertz CT molecular complexity index is 745. The largest absolute Gasteiger partial charge is 0.353 e. The fourth-order valence-corrected chi connectivity index (χ4v) is 3.02. The maximum Gasteiger partial charge on any atom is 0.187 e. The molecule has 0 saturated heterocycles. The number of fused-ring (bicyclic) bond motifs is 1. The predicted molar refractivity (Wildman–Crippen MR) is 87.4 cm³/mol. The van der Waals surface area contributed by atoms with Crippen molar-refractivity contribution >= 4 is 11.6 Å². The van der Waals surface area contributed by atoms with Gasteiger partial charge in [-0.2, -0.15) is 0 Å².